The minimum Gasteiger partial charge on any atom is -0.494 e. The van der Waals surface area contributed by atoms with E-state index in [0.717, 1.165) is 22.6 Å². The van der Waals surface area contributed by atoms with E-state index in [1.165, 1.54) is 11.8 Å². The summed E-state index contributed by atoms with van der Waals surface area (Å²) >= 11 is 7.43. The molecular weight excluding hydrogens is 356 g/mol. The van der Waals surface area contributed by atoms with Crippen molar-refractivity contribution in [3.63, 3.8) is 0 Å². The molecule has 1 aliphatic rings. The van der Waals surface area contributed by atoms with Gasteiger partial charge in [-0.2, -0.15) is 0 Å². The molecule has 0 spiro atoms. The van der Waals surface area contributed by atoms with E-state index in [-0.39, 0.29) is 5.91 Å². The summed E-state index contributed by atoms with van der Waals surface area (Å²) in [6.07, 6.45) is 1.83. The van der Waals surface area contributed by atoms with Crippen molar-refractivity contribution in [1.82, 2.24) is 5.32 Å². The number of amides is 1. The Bertz CT molecular complexity index is 877. The Balaban J connectivity index is 1.84. The summed E-state index contributed by atoms with van der Waals surface area (Å²) in [6, 6.07) is 13.2. The van der Waals surface area contributed by atoms with Gasteiger partial charge in [-0.3, -0.25) is 4.79 Å². The van der Waals surface area contributed by atoms with E-state index in [0.29, 0.717) is 21.7 Å². The summed E-state index contributed by atoms with van der Waals surface area (Å²) in [5, 5.41) is 3.99. The van der Waals surface area contributed by atoms with Gasteiger partial charge >= 0.3 is 0 Å². The molecule has 1 saturated heterocycles. The molecular formula is C19H17ClN2O2S. The van der Waals surface area contributed by atoms with Gasteiger partial charge in [0.1, 0.15) is 5.75 Å². The van der Waals surface area contributed by atoms with Crippen LogP contribution < -0.4 is 10.1 Å². The number of aliphatic imine (C=N–C) groups is 1. The van der Waals surface area contributed by atoms with E-state index < -0.39 is 0 Å². The molecule has 3 rings (SSSR count). The van der Waals surface area contributed by atoms with Gasteiger partial charge in [0.15, 0.2) is 5.17 Å². The summed E-state index contributed by atoms with van der Waals surface area (Å²) in [7, 11) is 0. The summed E-state index contributed by atoms with van der Waals surface area (Å²) < 4.78 is 5.49. The Morgan fingerprint density at radius 2 is 2.08 bits per heavy atom. The molecule has 2 aromatic carbocycles. The number of hydrogen-bond donors (Lipinski definition) is 1. The van der Waals surface area contributed by atoms with E-state index in [1.54, 1.807) is 0 Å². The summed E-state index contributed by atoms with van der Waals surface area (Å²) in [4.78, 5) is 17.3. The summed E-state index contributed by atoms with van der Waals surface area (Å²) in [5.41, 5.74) is 2.53. The predicted molar refractivity (Wildman–Crippen MR) is 105 cm³/mol. The maximum Gasteiger partial charge on any atom is 0.264 e. The van der Waals surface area contributed by atoms with Crippen LogP contribution in [0.25, 0.3) is 6.08 Å². The number of hydrogen-bond acceptors (Lipinski definition) is 4. The molecule has 128 valence electrons. The van der Waals surface area contributed by atoms with Crippen LogP contribution in [-0.4, -0.2) is 17.7 Å². The largest absolute Gasteiger partial charge is 0.494 e. The fourth-order valence-corrected chi connectivity index (χ4v) is 3.32. The zero-order valence-corrected chi connectivity index (χ0v) is 15.4. The standard InChI is InChI=1S/C19H17ClN2O2S/c1-3-24-14-7-4-6-13(10-14)11-17-18(23)22-19(25-17)21-16-9-5-8-15(20)12(16)2/h4-11H,3H2,1-2H3,(H,21,22,23). The normalized spacial score (nSPS) is 17.2. The van der Waals surface area contributed by atoms with Gasteiger partial charge in [0, 0.05) is 5.02 Å². The van der Waals surface area contributed by atoms with Gasteiger partial charge in [0.2, 0.25) is 0 Å². The highest BCUT2D eigenvalue weighted by atomic mass is 35.5. The maximum absolute atomic E-state index is 12.2. The molecule has 2 aromatic rings. The molecule has 0 bridgehead atoms. The van der Waals surface area contributed by atoms with E-state index in [1.807, 2.05) is 62.4 Å². The quantitative estimate of drug-likeness (QED) is 0.773. The van der Waals surface area contributed by atoms with Crippen LogP contribution in [-0.2, 0) is 4.79 Å². The molecule has 0 unspecified atom stereocenters. The molecule has 0 radical (unpaired) electrons. The molecule has 4 nitrogen and oxygen atoms in total. The molecule has 1 fully saturated rings. The van der Waals surface area contributed by atoms with E-state index >= 15 is 0 Å². The second kappa shape index (κ2) is 7.76. The molecule has 0 aromatic heterocycles. The van der Waals surface area contributed by atoms with E-state index in [2.05, 4.69) is 10.3 Å². The van der Waals surface area contributed by atoms with Crippen molar-refractivity contribution in [3.8, 4) is 5.75 Å². The number of ether oxygens (including phenoxy) is 1. The van der Waals surface area contributed by atoms with Crippen molar-refractivity contribution in [2.24, 2.45) is 4.99 Å². The van der Waals surface area contributed by atoms with Gasteiger partial charge in [-0.05, 0) is 67.1 Å². The first-order chi connectivity index (χ1) is 12.1. The maximum atomic E-state index is 12.2. The molecule has 0 saturated carbocycles. The van der Waals surface area contributed by atoms with Crippen LogP contribution in [0.1, 0.15) is 18.1 Å². The van der Waals surface area contributed by atoms with Crippen LogP contribution >= 0.6 is 23.4 Å². The van der Waals surface area contributed by atoms with Crippen molar-refractivity contribution in [3.05, 3.63) is 63.5 Å². The van der Waals surface area contributed by atoms with Gasteiger partial charge in [-0.1, -0.05) is 29.8 Å². The zero-order valence-electron chi connectivity index (χ0n) is 13.9. The van der Waals surface area contributed by atoms with Crippen LogP contribution in [0.4, 0.5) is 5.69 Å². The fourth-order valence-electron chi connectivity index (χ4n) is 2.32. The third-order valence-electron chi connectivity index (χ3n) is 3.58. The number of rotatable bonds is 4. The van der Waals surface area contributed by atoms with Crippen LogP contribution in [0.3, 0.4) is 0 Å². The van der Waals surface area contributed by atoms with Crippen molar-refractivity contribution in [2.45, 2.75) is 13.8 Å². The smallest absolute Gasteiger partial charge is 0.264 e. The topological polar surface area (TPSA) is 50.7 Å². The Morgan fingerprint density at radius 3 is 2.88 bits per heavy atom. The lowest BCUT2D eigenvalue weighted by atomic mass is 10.2. The highest BCUT2D eigenvalue weighted by molar-refractivity contribution is 8.18. The molecule has 1 aliphatic heterocycles. The first kappa shape index (κ1) is 17.6. The summed E-state index contributed by atoms with van der Waals surface area (Å²) in [5.74, 6) is 0.619. The monoisotopic (exact) mass is 372 g/mol. The number of halogens is 1. The highest BCUT2D eigenvalue weighted by Gasteiger charge is 2.24. The lowest BCUT2D eigenvalue weighted by molar-refractivity contribution is -0.115. The molecule has 25 heavy (non-hydrogen) atoms. The molecule has 1 amide bonds. The third kappa shape index (κ3) is 4.24. The number of nitrogens with one attached hydrogen (secondary N) is 1. The van der Waals surface area contributed by atoms with E-state index in [9.17, 15) is 4.79 Å². The molecule has 6 heteroatoms. The Labute approximate surface area is 155 Å². The molecule has 1 N–H and O–H groups in total. The minimum atomic E-state index is -0.162. The van der Waals surface area contributed by atoms with Crippen LogP contribution in [0.5, 0.6) is 5.75 Å². The van der Waals surface area contributed by atoms with Crippen molar-refractivity contribution in [1.29, 1.82) is 0 Å². The van der Waals surface area contributed by atoms with Crippen molar-refractivity contribution in [2.75, 3.05) is 6.61 Å². The first-order valence-corrected chi connectivity index (χ1v) is 9.04. The van der Waals surface area contributed by atoms with Crippen molar-refractivity contribution < 1.29 is 9.53 Å². The number of amidine groups is 1. The summed E-state index contributed by atoms with van der Waals surface area (Å²) in [6.45, 7) is 4.44. The number of carbonyl (C=O) groups is 1. The van der Waals surface area contributed by atoms with Gasteiger partial charge in [-0.15, -0.1) is 0 Å². The lowest BCUT2D eigenvalue weighted by Gasteiger charge is -2.03. The second-order valence-electron chi connectivity index (χ2n) is 5.37. The average molecular weight is 373 g/mol. The molecule has 0 atom stereocenters. The molecule has 0 aliphatic carbocycles. The fraction of sp³-hybridized carbons (Fsp3) is 0.158. The Hall–Kier alpha value is -2.24. The van der Waals surface area contributed by atoms with Gasteiger partial charge in [0.05, 0.1) is 17.2 Å². The van der Waals surface area contributed by atoms with Gasteiger partial charge in [0.25, 0.3) is 5.91 Å². The van der Waals surface area contributed by atoms with E-state index in [4.69, 9.17) is 16.3 Å². The van der Waals surface area contributed by atoms with Gasteiger partial charge in [-0.25, -0.2) is 4.99 Å². The van der Waals surface area contributed by atoms with Crippen molar-refractivity contribution >= 4 is 46.2 Å². The van der Waals surface area contributed by atoms with Crippen LogP contribution in [0, 0.1) is 6.92 Å². The average Bonchev–Trinajstić information content (AvgIpc) is 2.92. The van der Waals surface area contributed by atoms with Gasteiger partial charge < -0.3 is 10.1 Å². The minimum absolute atomic E-state index is 0.162. The first-order valence-electron chi connectivity index (χ1n) is 7.84. The zero-order chi connectivity index (χ0) is 17.8. The number of nitrogens with zero attached hydrogens (tertiary/aromatic N) is 1. The number of carbonyl (C=O) groups excluding carboxylic acids is 1. The number of thioether (sulfide) groups is 1. The number of benzene rings is 2. The third-order valence-corrected chi connectivity index (χ3v) is 4.90. The second-order valence-corrected chi connectivity index (χ2v) is 6.81. The predicted octanol–water partition coefficient (Wildman–Crippen LogP) is 4.94. The SMILES string of the molecule is CCOc1cccc(C=C2SC(=Nc3cccc(Cl)c3C)NC2=O)c1. The Morgan fingerprint density at radius 1 is 1.28 bits per heavy atom. The Kier molecular flexibility index (Phi) is 5.46. The van der Waals surface area contributed by atoms with Crippen LogP contribution in [0.15, 0.2) is 52.4 Å². The highest BCUT2D eigenvalue weighted by Crippen LogP contribution is 2.31. The molecule has 1 heterocycles. The lowest BCUT2D eigenvalue weighted by Crippen LogP contribution is -2.19. The van der Waals surface area contributed by atoms with Crippen LogP contribution in [0.2, 0.25) is 5.02 Å².